The summed E-state index contributed by atoms with van der Waals surface area (Å²) < 4.78 is 67.7. The Morgan fingerprint density at radius 3 is 1.00 bits per heavy atom. The third kappa shape index (κ3) is 14.7. The van der Waals surface area contributed by atoms with E-state index in [0.717, 1.165) is 13.8 Å². The van der Waals surface area contributed by atoms with Crippen LogP contribution in [0.5, 0.6) is 0 Å². The van der Waals surface area contributed by atoms with Gasteiger partial charge < -0.3 is 10.2 Å². The fraction of sp³-hybridized carbons (Fsp3) is 0.400. The molecule has 0 fully saturated rings. The summed E-state index contributed by atoms with van der Waals surface area (Å²) in [4.78, 5) is 19.8. The summed E-state index contributed by atoms with van der Waals surface area (Å²) in [6.45, 7) is 1.76. The SMILES string of the molecule is CC(=O)/C=C(\[O-])C(F)(F)F.CC(=O)/C=C(\[O-])C(F)(F)F.[Cu+2]. The van der Waals surface area contributed by atoms with Crippen LogP contribution >= 0.6 is 0 Å². The number of carbonyl (C=O) groups is 2. The standard InChI is InChI=1S/2C5H5F3O2.Cu/c2*1-3(9)2-4(10)5(6,7)8;/h2*2,10H,1H3;/q;;+2/p-2/b2*4-2-;. The van der Waals surface area contributed by atoms with Crippen LogP contribution in [0.25, 0.3) is 0 Å². The van der Waals surface area contributed by atoms with E-state index in [9.17, 15) is 46.1 Å². The van der Waals surface area contributed by atoms with E-state index in [0.29, 0.717) is 0 Å². The molecule has 0 aliphatic carbocycles. The molecule has 0 saturated carbocycles. The minimum Gasteiger partial charge on any atom is -0.869 e. The van der Waals surface area contributed by atoms with Gasteiger partial charge in [0.1, 0.15) is 0 Å². The van der Waals surface area contributed by atoms with Crippen molar-refractivity contribution in [1.82, 2.24) is 0 Å². The van der Waals surface area contributed by atoms with Crippen molar-refractivity contribution >= 4 is 11.6 Å². The van der Waals surface area contributed by atoms with E-state index < -0.39 is 35.4 Å². The number of ketones is 2. The number of hydrogen-bond donors (Lipinski definition) is 0. The van der Waals surface area contributed by atoms with Crippen molar-refractivity contribution in [2.24, 2.45) is 0 Å². The average molecular weight is 370 g/mol. The Kier molecular flexibility index (Phi) is 11.0. The van der Waals surface area contributed by atoms with E-state index in [1.165, 1.54) is 0 Å². The first-order valence-electron chi connectivity index (χ1n) is 4.61. The van der Waals surface area contributed by atoms with E-state index in [1.807, 2.05) is 0 Å². The van der Waals surface area contributed by atoms with Gasteiger partial charge in [0.05, 0.1) is 0 Å². The fourth-order valence-electron chi connectivity index (χ4n) is 0.533. The number of allylic oxidation sites excluding steroid dienone is 4. The Labute approximate surface area is 125 Å². The molecule has 0 atom stereocenters. The Balaban J connectivity index is -0.000000295. The second-order valence-corrected chi connectivity index (χ2v) is 3.23. The first-order chi connectivity index (χ1) is 8.67. The summed E-state index contributed by atoms with van der Waals surface area (Å²) in [7, 11) is 0. The van der Waals surface area contributed by atoms with Gasteiger partial charge in [-0.25, -0.2) is 0 Å². The van der Waals surface area contributed by atoms with Gasteiger partial charge in [-0.05, 0) is 37.5 Å². The topological polar surface area (TPSA) is 80.3 Å². The van der Waals surface area contributed by atoms with E-state index in [2.05, 4.69) is 0 Å². The quantitative estimate of drug-likeness (QED) is 0.311. The molecule has 0 N–H and O–H groups in total. The third-order valence-electron chi connectivity index (χ3n) is 1.23. The van der Waals surface area contributed by atoms with E-state index >= 15 is 0 Å². The minimum atomic E-state index is -4.92. The molecule has 0 heterocycles. The molecule has 0 saturated heterocycles. The molecule has 21 heavy (non-hydrogen) atoms. The Morgan fingerprint density at radius 2 is 0.952 bits per heavy atom. The van der Waals surface area contributed by atoms with Crippen molar-refractivity contribution < 1.29 is 63.2 Å². The van der Waals surface area contributed by atoms with E-state index in [-0.39, 0.29) is 29.2 Å². The van der Waals surface area contributed by atoms with Crippen LogP contribution in [0.4, 0.5) is 26.3 Å². The van der Waals surface area contributed by atoms with Crippen LogP contribution in [-0.4, -0.2) is 23.9 Å². The van der Waals surface area contributed by atoms with Crippen LogP contribution in [0.2, 0.25) is 0 Å². The average Bonchev–Trinajstić information content (AvgIpc) is 2.13. The van der Waals surface area contributed by atoms with Gasteiger partial charge in [-0.2, -0.15) is 26.3 Å². The summed E-state index contributed by atoms with van der Waals surface area (Å²) >= 11 is 0. The van der Waals surface area contributed by atoms with Crippen LogP contribution in [0.1, 0.15) is 13.8 Å². The second-order valence-electron chi connectivity index (χ2n) is 3.23. The molecule has 11 heteroatoms. The molecule has 125 valence electrons. The first kappa shape index (κ1) is 24.5. The zero-order valence-electron chi connectivity index (χ0n) is 10.4. The number of halogens is 6. The number of rotatable bonds is 2. The van der Waals surface area contributed by atoms with Gasteiger partial charge in [-0.3, -0.25) is 9.59 Å². The van der Waals surface area contributed by atoms with Crippen molar-refractivity contribution in [3.63, 3.8) is 0 Å². The molecule has 0 amide bonds. The number of alkyl halides is 6. The van der Waals surface area contributed by atoms with Gasteiger partial charge in [0.2, 0.25) is 0 Å². The molecule has 4 nitrogen and oxygen atoms in total. The summed E-state index contributed by atoms with van der Waals surface area (Å²) in [6, 6.07) is 0. The number of carbonyl (C=O) groups excluding carboxylic acids is 2. The molecule has 0 aliphatic heterocycles. The molecule has 0 aliphatic rings. The van der Waals surface area contributed by atoms with Crippen LogP contribution in [0.3, 0.4) is 0 Å². The summed E-state index contributed by atoms with van der Waals surface area (Å²) in [6.07, 6.45) is -9.82. The predicted molar refractivity (Wildman–Crippen MR) is 49.6 cm³/mol. The molecule has 0 aromatic carbocycles. The second kappa shape index (κ2) is 9.45. The van der Waals surface area contributed by atoms with Gasteiger partial charge in [0.15, 0.2) is 11.6 Å². The van der Waals surface area contributed by atoms with E-state index in [1.54, 1.807) is 0 Å². The monoisotopic (exact) mass is 369 g/mol. The Bertz CT molecular complexity index is 382. The van der Waals surface area contributed by atoms with Crippen LogP contribution in [0.15, 0.2) is 23.7 Å². The number of hydrogen-bond acceptors (Lipinski definition) is 4. The van der Waals surface area contributed by atoms with Gasteiger partial charge in [-0.1, -0.05) is 0 Å². The van der Waals surface area contributed by atoms with Crippen LogP contribution < -0.4 is 10.2 Å². The minimum absolute atomic E-state index is 0. The van der Waals surface area contributed by atoms with Crippen molar-refractivity contribution in [1.29, 1.82) is 0 Å². The first-order valence-corrected chi connectivity index (χ1v) is 4.61. The zero-order chi connectivity index (χ0) is 16.7. The smallest absolute Gasteiger partial charge is 0.869 e. The maximum atomic E-state index is 11.3. The largest absolute Gasteiger partial charge is 2.00 e. The third-order valence-corrected chi connectivity index (χ3v) is 1.23. The van der Waals surface area contributed by atoms with Gasteiger partial charge >= 0.3 is 29.4 Å². The molecular formula is C10H8CuF6O4. The molecule has 0 bridgehead atoms. The van der Waals surface area contributed by atoms with Crippen molar-refractivity contribution in [2.45, 2.75) is 26.2 Å². The van der Waals surface area contributed by atoms with Crippen LogP contribution in [-0.2, 0) is 26.7 Å². The molecule has 0 unspecified atom stereocenters. The normalized spacial score (nSPS) is 12.8. The molecule has 0 rings (SSSR count). The van der Waals surface area contributed by atoms with Crippen molar-refractivity contribution in [3.05, 3.63) is 23.7 Å². The van der Waals surface area contributed by atoms with Crippen molar-refractivity contribution in [2.75, 3.05) is 0 Å². The molecule has 0 spiro atoms. The van der Waals surface area contributed by atoms with Crippen LogP contribution in [0, 0.1) is 0 Å². The van der Waals surface area contributed by atoms with Gasteiger partial charge in [0, 0.05) is 0 Å². The van der Waals surface area contributed by atoms with Gasteiger partial charge in [-0.15, -0.1) is 0 Å². The zero-order valence-corrected chi connectivity index (χ0v) is 11.3. The maximum Gasteiger partial charge on any atom is 2.00 e. The Morgan fingerprint density at radius 1 is 0.762 bits per heavy atom. The summed E-state index contributed by atoms with van der Waals surface area (Å²) in [5.41, 5.74) is 0. The fourth-order valence-corrected chi connectivity index (χ4v) is 0.533. The molecule has 0 aromatic heterocycles. The molecular weight excluding hydrogens is 362 g/mol. The van der Waals surface area contributed by atoms with Crippen molar-refractivity contribution in [3.8, 4) is 0 Å². The predicted octanol–water partition coefficient (Wildman–Crippen LogP) is 0.761. The molecule has 0 aromatic rings. The molecule has 1 radical (unpaired) electrons. The van der Waals surface area contributed by atoms with Gasteiger partial charge in [0.25, 0.3) is 0 Å². The summed E-state index contributed by atoms with van der Waals surface area (Å²) in [5.74, 6) is -6.02. The maximum absolute atomic E-state index is 11.3. The van der Waals surface area contributed by atoms with E-state index in [4.69, 9.17) is 0 Å². The summed E-state index contributed by atoms with van der Waals surface area (Å²) in [5, 5.41) is 19.7. The Hall–Kier alpha value is -1.48.